The van der Waals surface area contributed by atoms with Crippen LogP contribution in [0, 0.1) is 0 Å². The number of H-pyrrole nitrogens is 1. The van der Waals surface area contributed by atoms with Crippen LogP contribution in [0.5, 0.6) is 0 Å². The number of para-hydroxylation sites is 1. The van der Waals surface area contributed by atoms with Gasteiger partial charge in [0.05, 0.1) is 15.6 Å². The molecule has 2 amide bonds. The molecule has 34 heavy (non-hydrogen) atoms. The van der Waals surface area contributed by atoms with Crippen LogP contribution in [0.15, 0.2) is 48.7 Å². The maximum Gasteiger partial charge on any atom is 0.329 e. The van der Waals surface area contributed by atoms with Crippen LogP contribution in [-0.2, 0) is 20.7 Å². The van der Waals surface area contributed by atoms with Gasteiger partial charge >= 0.3 is 5.97 Å². The zero-order chi connectivity index (χ0) is 25.0. The first-order valence-electron chi connectivity index (χ1n) is 10.8. The van der Waals surface area contributed by atoms with Gasteiger partial charge in [-0.1, -0.05) is 47.5 Å². The fraction of sp³-hybridized carbons (Fsp3) is 0.320. The molecule has 1 heterocycles. The van der Waals surface area contributed by atoms with E-state index in [0.29, 0.717) is 0 Å². The summed E-state index contributed by atoms with van der Waals surface area (Å²) in [4.78, 5) is 41.7. The molecule has 3 aromatic rings. The molecule has 0 bridgehead atoms. The van der Waals surface area contributed by atoms with E-state index in [4.69, 9.17) is 27.9 Å². The number of nitrogens with one attached hydrogen (secondary N) is 3. The lowest BCUT2D eigenvalue weighted by Gasteiger charge is -2.25. The second-order valence-corrected chi connectivity index (χ2v) is 9.74. The zero-order valence-corrected chi connectivity index (χ0v) is 20.9. The highest BCUT2D eigenvalue weighted by molar-refractivity contribution is 6.43. The lowest BCUT2D eigenvalue weighted by Crippen LogP contribution is -2.52. The molecule has 1 aromatic heterocycles. The van der Waals surface area contributed by atoms with Gasteiger partial charge in [0.1, 0.15) is 17.7 Å². The third-order valence-electron chi connectivity index (χ3n) is 5.04. The molecule has 0 saturated carbocycles. The van der Waals surface area contributed by atoms with Crippen molar-refractivity contribution in [3.8, 4) is 0 Å². The molecule has 0 aliphatic carbocycles. The number of halogens is 2. The van der Waals surface area contributed by atoms with Gasteiger partial charge in [-0.05, 0) is 51.5 Å². The molecule has 2 aromatic carbocycles. The summed E-state index contributed by atoms with van der Waals surface area (Å²) in [7, 11) is 0. The van der Waals surface area contributed by atoms with Gasteiger partial charge < -0.3 is 20.4 Å². The van der Waals surface area contributed by atoms with Crippen molar-refractivity contribution in [1.29, 1.82) is 0 Å². The van der Waals surface area contributed by atoms with Crippen LogP contribution in [0.1, 0.15) is 43.6 Å². The van der Waals surface area contributed by atoms with Crippen LogP contribution < -0.4 is 10.6 Å². The van der Waals surface area contributed by atoms with E-state index in [1.165, 1.54) is 13.0 Å². The molecular formula is C25H27Cl2N3O4. The van der Waals surface area contributed by atoms with E-state index in [1.54, 1.807) is 39.1 Å². The Morgan fingerprint density at radius 2 is 1.74 bits per heavy atom. The minimum Gasteiger partial charge on any atom is -0.458 e. The number of carbonyl (C=O) groups excluding carboxylic acids is 3. The number of carbonyl (C=O) groups is 3. The Kier molecular flexibility index (Phi) is 7.89. The maximum atomic E-state index is 12.9. The van der Waals surface area contributed by atoms with Crippen LogP contribution in [0.2, 0.25) is 10.0 Å². The summed E-state index contributed by atoms with van der Waals surface area (Å²) in [5.74, 6) is -1.66. The first-order chi connectivity index (χ1) is 16.0. The fourth-order valence-electron chi connectivity index (χ4n) is 3.40. The summed E-state index contributed by atoms with van der Waals surface area (Å²) in [6, 6.07) is 10.4. The molecule has 3 N–H and O–H groups in total. The van der Waals surface area contributed by atoms with Gasteiger partial charge in [0.2, 0.25) is 5.91 Å². The molecule has 0 aliphatic heterocycles. The third kappa shape index (κ3) is 6.30. The Balaban J connectivity index is 1.76. The molecule has 2 atom stereocenters. The van der Waals surface area contributed by atoms with E-state index in [0.717, 1.165) is 16.5 Å². The Labute approximate surface area is 208 Å². The van der Waals surface area contributed by atoms with Crippen molar-refractivity contribution in [3.63, 3.8) is 0 Å². The number of esters is 1. The van der Waals surface area contributed by atoms with Crippen molar-refractivity contribution >= 4 is 51.9 Å². The molecule has 0 aliphatic rings. The van der Waals surface area contributed by atoms with Gasteiger partial charge in [-0.3, -0.25) is 9.59 Å². The summed E-state index contributed by atoms with van der Waals surface area (Å²) >= 11 is 12.1. The first kappa shape index (κ1) is 25.6. The molecule has 0 fully saturated rings. The van der Waals surface area contributed by atoms with Gasteiger partial charge in [0.25, 0.3) is 5.91 Å². The van der Waals surface area contributed by atoms with Crippen LogP contribution >= 0.6 is 23.2 Å². The van der Waals surface area contributed by atoms with Crippen LogP contribution in [0.25, 0.3) is 10.9 Å². The zero-order valence-electron chi connectivity index (χ0n) is 19.4. The predicted octanol–water partition coefficient (Wildman–Crippen LogP) is 4.66. The van der Waals surface area contributed by atoms with Crippen molar-refractivity contribution in [3.05, 3.63) is 69.8 Å². The smallest absolute Gasteiger partial charge is 0.329 e. The van der Waals surface area contributed by atoms with E-state index in [9.17, 15) is 14.4 Å². The van der Waals surface area contributed by atoms with Gasteiger partial charge in [-0.25, -0.2) is 4.79 Å². The Morgan fingerprint density at radius 1 is 1.03 bits per heavy atom. The Hall–Kier alpha value is -3.03. The average molecular weight is 504 g/mol. The molecule has 0 unspecified atom stereocenters. The number of hydrogen-bond acceptors (Lipinski definition) is 4. The van der Waals surface area contributed by atoms with Gasteiger partial charge in [0, 0.05) is 23.5 Å². The summed E-state index contributed by atoms with van der Waals surface area (Å²) in [5, 5.41) is 6.59. The lowest BCUT2D eigenvalue weighted by atomic mass is 10.0. The number of rotatable bonds is 7. The van der Waals surface area contributed by atoms with E-state index in [2.05, 4.69) is 15.6 Å². The number of ether oxygens (including phenoxy) is 1. The standard InChI is InChI=1S/C25H27Cl2N3O4/c1-14(29-23(32)17-9-7-10-18(26)21(17)27)22(31)30-20(24(33)34-25(2,3)4)12-15-13-28-19-11-6-5-8-16(15)19/h5-11,13-14,20,28H,12H2,1-4H3,(H,29,32)(H,30,31)/t14-,20-/m0/s1. The number of aromatic nitrogens is 1. The number of benzene rings is 2. The minimum absolute atomic E-state index is 0.0974. The average Bonchev–Trinajstić information content (AvgIpc) is 3.16. The number of fused-ring (bicyclic) bond motifs is 1. The van der Waals surface area contributed by atoms with E-state index < -0.39 is 35.5 Å². The molecule has 9 heteroatoms. The van der Waals surface area contributed by atoms with Crippen LogP contribution in [0.3, 0.4) is 0 Å². The summed E-state index contributed by atoms with van der Waals surface area (Å²) in [6.45, 7) is 6.79. The highest BCUT2D eigenvalue weighted by Crippen LogP contribution is 2.25. The second kappa shape index (κ2) is 10.5. The van der Waals surface area contributed by atoms with E-state index >= 15 is 0 Å². The normalized spacial score (nSPS) is 13.2. The van der Waals surface area contributed by atoms with Crippen molar-refractivity contribution in [2.75, 3.05) is 0 Å². The highest BCUT2D eigenvalue weighted by atomic mass is 35.5. The van der Waals surface area contributed by atoms with Gasteiger partial charge in [-0.2, -0.15) is 0 Å². The van der Waals surface area contributed by atoms with Crippen molar-refractivity contribution in [1.82, 2.24) is 15.6 Å². The molecule has 7 nitrogen and oxygen atoms in total. The van der Waals surface area contributed by atoms with Gasteiger partial charge in [0.15, 0.2) is 0 Å². The van der Waals surface area contributed by atoms with E-state index in [-0.39, 0.29) is 22.0 Å². The second-order valence-electron chi connectivity index (χ2n) is 8.95. The molecule has 3 rings (SSSR count). The predicted molar refractivity (Wildman–Crippen MR) is 133 cm³/mol. The highest BCUT2D eigenvalue weighted by Gasteiger charge is 2.30. The van der Waals surface area contributed by atoms with Crippen LogP contribution in [-0.4, -0.2) is 40.5 Å². The first-order valence-corrected chi connectivity index (χ1v) is 11.5. The van der Waals surface area contributed by atoms with E-state index in [1.807, 2.05) is 24.3 Å². The summed E-state index contributed by atoms with van der Waals surface area (Å²) in [6.07, 6.45) is 2.02. The molecule has 0 radical (unpaired) electrons. The summed E-state index contributed by atoms with van der Waals surface area (Å²) < 4.78 is 5.54. The van der Waals surface area contributed by atoms with Gasteiger partial charge in [-0.15, -0.1) is 0 Å². The summed E-state index contributed by atoms with van der Waals surface area (Å²) in [5.41, 5.74) is 1.19. The van der Waals surface area contributed by atoms with Crippen molar-refractivity contribution in [2.45, 2.75) is 51.8 Å². The monoisotopic (exact) mass is 503 g/mol. The largest absolute Gasteiger partial charge is 0.458 e. The number of aromatic amines is 1. The number of amides is 2. The maximum absolute atomic E-state index is 12.9. The Morgan fingerprint density at radius 3 is 2.44 bits per heavy atom. The molecule has 180 valence electrons. The third-order valence-corrected chi connectivity index (χ3v) is 5.86. The molecule has 0 spiro atoms. The minimum atomic E-state index is -0.958. The van der Waals surface area contributed by atoms with Crippen LogP contribution in [0.4, 0.5) is 0 Å². The topological polar surface area (TPSA) is 100 Å². The van der Waals surface area contributed by atoms with Crippen molar-refractivity contribution < 1.29 is 19.1 Å². The molecule has 0 saturated heterocycles. The van der Waals surface area contributed by atoms with Crippen molar-refractivity contribution in [2.24, 2.45) is 0 Å². The molecular weight excluding hydrogens is 477 g/mol. The lowest BCUT2D eigenvalue weighted by molar-refractivity contribution is -0.158. The fourth-order valence-corrected chi connectivity index (χ4v) is 3.79. The quantitative estimate of drug-likeness (QED) is 0.408. The number of hydrogen-bond donors (Lipinski definition) is 3. The SMILES string of the molecule is C[C@H](NC(=O)c1cccc(Cl)c1Cl)C(=O)N[C@@H](Cc1c[nH]c2ccccc12)C(=O)OC(C)(C)C. The Bertz CT molecular complexity index is 1220.